The first-order valence-corrected chi connectivity index (χ1v) is 4.11. The van der Waals surface area contributed by atoms with Gasteiger partial charge in [-0.25, -0.2) is 14.4 Å². The van der Waals surface area contributed by atoms with Crippen LogP contribution in [0.2, 0.25) is 0 Å². The third-order valence-corrected chi connectivity index (χ3v) is 1.95. The van der Waals surface area contributed by atoms with Crippen molar-refractivity contribution in [3.63, 3.8) is 0 Å². The highest BCUT2D eigenvalue weighted by Gasteiger charge is 2.51. The summed E-state index contributed by atoms with van der Waals surface area (Å²) in [5.74, 6) is -3.59. The Hall–Kier alpha value is -2.16. The van der Waals surface area contributed by atoms with Gasteiger partial charge >= 0.3 is 24.0 Å². The van der Waals surface area contributed by atoms with Crippen LogP contribution < -0.4 is 0 Å². The molecule has 2 fully saturated rings. The number of hydrogen-bond acceptors (Lipinski definition) is 8. The fourth-order valence-electron chi connectivity index (χ4n) is 1.23. The fourth-order valence-corrected chi connectivity index (χ4v) is 1.23. The molecule has 2 aliphatic rings. The quantitative estimate of drug-likeness (QED) is 0.391. The second kappa shape index (κ2) is 3.17. The number of rotatable bonds is 0. The van der Waals surface area contributed by atoms with Crippen LogP contribution >= 0.6 is 0 Å². The molecule has 0 aromatic rings. The van der Waals surface area contributed by atoms with Crippen molar-refractivity contribution in [1.29, 1.82) is 0 Å². The van der Waals surface area contributed by atoms with Crippen molar-refractivity contribution < 1.29 is 38.7 Å². The van der Waals surface area contributed by atoms with Gasteiger partial charge in [0.1, 0.15) is 0 Å². The Labute approximate surface area is 87.4 Å². The number of ether oxygens (including phenoxy) is 1. The van der Waals surface area contributed by atoms with Crippen LogP contribution in [0.5, 0.6) is 0 Å². The normalized spacial score (nSPS) is 29.9. The number of cyclic esters (lactones) is 2. The summed E-state index contributed by atoms with van der Waals surface area (Å²) in [6.07, 6.45) is -3.12. The third-order valence-electron chi connectivity index (χ3n) is 1.95. The van der Waals surface area contributed by atoms with Crippen LogP contribution in [0.1, 0.15) is 12.8 Å². The van der Waals surface area contributed by atoms with Crippen molar-refractivity contribution in [2.75, 3.05) is 0 Å². The lowest BCUT2D eigenvalue weighted by atomic mass is 9.96. The number of hydroxylamine groups is 2. The maximum atomic E-state index is 11.3. The van der Waals surface area contributed by atoms with Crippen LogP contribution in [0, 0.1) is 0 Å². The molecule has 1 N–H and O–H groups in total. The molecule has 16 heavy (non-hydrogen) atoms. The van der Waals surface area contributed by atoms with Crippen molar-refractivity contribution in [3.05, 3.63) is 0 Å². The SMILES string of the molecule is O=C1CC2(O)CC(=O)ON(OC2=O)C(=O)O1. The van der Waals surface area contributed by atoms with Gasteiger partial charge in [-0.05, 0) is 0 Å². The van der Waals surface area contributed by atoms with E-state index in [1.807, 2.05) is 0 Å². The van der Waals surface area contributed by atoms with Gasteiger partial charge in [0.15, 0.2) is 5.60 Å². The summed E-state index contributed by atoms with van der Waals surface area (Å²) in [5, 5.41) is 9.50. The van der Waals surface area contributed by atoms with Gasteiger partial charge in [-0.2, -0.15) is 0 Å². The number of esters is 1. The van der Waals surface area contributed by atoms with Gasteiger partial charge in [0, 0.05) is 0 Å². The summed E-state index contributed by atoms with van der Waals surface area (Å²) >= 11 is 0. The third kappa shape index (κ3) is 1.56. The Bertz CT molecular complexity index is 403. The molecule has 0 saturated carbocycles. The van der Waals surface area contributed by atoms with E-state index in [0.717, 1.165) is 0 Å². The average Bonchev–Trinajstić information content (AvgIpc) is 2.21. The number of fused-ring (bicyclic) bond motifs is 3. The van der Waals surface area contributed by atoms with Gasteiger partial charge < -0.3 is 14.7 Å². The zero-order chi connectivity index (χ0) is 11.9. The highest BCUT2D eigenvalue weighted by atomic mass is 17.0. The lowest BCUT2D eigenvalue weighted by Crippen LogP contribution is -2.47. The predicted molar refractivity (Wildman–Crippen MR) is 39.7 cm³/mol. The van der Waals surface area contributed by atoms with Gasteiger partial charge in [-0.3, -0.25) is 9.63 Å². The zero-order valence-corrected chi connectivity index (χ0v) is 7.67. The highest BCUT2D eigenvalue weighted by molar-refractivity contribution is 5.96. The molecular formula is C7H5NO8. The fraction of sp³-hybridized carbons (Fsp3) is 0.429. The molecule has 0 aliphatic carbocycles. The lowest BCUT2D eigenvalue weighted by molar-refractivity contribution is -0.297. The first-order chi connectivity index (χ1) is 7.40. The van der Waals surface area contributed by atoms with Crippen LogP contribution in [0.3, 0.4) is 0 Å². The van der Waals surface area contributed by atoms with E-state index < -0.39 is 42.4 Å². The summed E-state index contributed by atoms with van der Waals surface area (Å²) < 4.78 is 4.10. The molecule has 0 spiro atoms. The molecule has 2 rings (SSSR count). The summed E-state index contributed by atoms with van der Waals surface area (Å²) in [6, 6.07) is 0. The van der Waals surface area contributed by atoms with Gasteiger partial charge in [-0.1, -0.05) is 0 Å². The van der Waals surface area contributed by atoms with E-state index in [4.69, 9.17) is 0 Å². The summed E-state index contributed by atoms with van der Waals surface area (Å²) in [5.41, 5.74) is -2.37. The van der Waals surface area contributed by atoms with Crippen molar-refractivity contribution in [1.82, 2.24) is 5.23 Å². The highest BCUT2D eigenvalue weighted by Crippen LogP contribution is 2.26. The minimum Gasteiger partial charge on any atom is -0.377 e. The van der Waals surface area contributed by atoms with Crippen LogP contribution in [0.4, 0.5) is 4.79 Å². The van der Waals surface area contributed by atoms with Crippen molar-refractivity contribution >= 4 is 24.0 Å². The van der Waals surface area contributed by atoms with E-state index in [1.54, 1.807) is 0 Å². The standard InChI is InChI=1S/C7H5NO8/c9-3-1-7(13)2-4(10)15-8(6(12)14-3)16-5(7)11/h13H,1-2H2. The molecule has 0 aromatic heterocycles. The minimum atomic E-state index is -2.37. The molecule has 0 radical (unpaired) electrons. The molecule has 86 valence electrons. The molecular weight excluding hydrogens is 226 g/mol. The molecule has 2 saturated heterocycles. The van der Waals surface area contributed by atoms with Crippen molar-refractivity contribution in [2.24, 2.45) is 0 Å². The Balaban J connectivity index is 2.43. The van der Waals surface area contributed by atoms with Crippen LogP contribution in [-0.4, -0.2) is 39.9 Å². The topological polar surface area (TPSA) is 119 Å². The molecule has 1 amide bonds. The average molecular weight is 231 g/mol. The van der Waals surface area contributed by atoms with Crippen molar-refractivity contribution in [2.45, 2.75) is 18.4 Å². The first-order valence-electron chi connectivity index (χ1n) is 4.11. The Kier molecular flexibility index (Phi) is 2.05. The van der Waals surface area contributed by atoms with E-state index >= 15 is 0 Å². The molecule has 1 unspecified atom stereocenters. The Morgan fingerprint density at radius 2 is 1.69 bits per heavy atom. The van der Waals surface area contributed by atoms with Gasteiger partial charge in [-0.15, -0.1) is 0 Å². The number of carbonyl (C=O) groups is 4. The van der Waals surface area contributed by atoms with Gasteiger partial charge in [0.2, 0.25) is 0 Å². The Morgan fingerprint density at radius 1 is 1.06 bits per heavy atom. The molecule has 2 heterocycles. The monoisotopic (exact) mass is 231 g/mol. The summed E-state index contributed by atoms with van der Waals surface area (Å²) in [6.45, 7) is 0. The lowest BCUT2D eigenvalue weighted by Gasteiger charge is -2.22. The summed E-state index contributed by atoms with van der Waals surface area (Å²) in [7, 11) is 0. The Morgan fingerprint density at radius 3 is 2.38 bits per heavy atom. The van der Waals surface area contributed by atoms with Crippen molar-refractivity contribution in [3.8, 4) is 0 Å². The number of amides is 1. The molecule has 9 heteroatoms. The smallest absolute Gasteiger partial charge is 0.377 e. The largest absolute Gasteiger partial charge is 0.487 e. The molecule has 2 bridgehead atoms. The zero-order valence-electron chi connectivity index (χ0n) is 7.67. The minimum absolute atomic E-state index is 0.181. The number of hydrogen-bond donors (Lipinski definition) is 1. The molecule has 0 aromatic carbocycles. The van der Waals surface area contributed by atoms with Crippen LogP contribution in [-0.2, 0) is 28.8 Å². The number of aliphatic hydroxyl groups is 1. The van der Waals surface area contributed by atoms with E-state index in [-0.39, 0.29) is 5.23 Å². The molecule has 9 nitrogen and oxygen atoms in total. The molecule has 1 atom stereocenters. The van der Waals surface area contributed by atoms with Gasteiger partial charge in [0.05, 0.1) is 18.1 Å². The van der Waals surface area contributed by atoms with E-state index in [0.29, 0.717) is 0 Å². The summed E-state index contributed by atoms with van der Waals surface area (Å²) in [4.78, 5) is 52.9. The number of carbonyl (C=O) groups excluding carboxylic acids is 4. The van der Waals surface area contributed by atoms with E-state index in [9.17, 15) is 24.3 Å². The van der Waals surface area contributed by atoms with Crippen LogP contribution in [0.25, 0.3) is 0 Å². The van der Waals surface area contributed by atoms with Gasteiger partial charge in [0.25, 0.3) is 0 Å². The maximum absolute atomic E-state index is 11.3. The first kappa shape index (κ1) is 10.4. The number of nitrogens with zero attached hydrogens (tertiary/aromatic N) is 1. The second-order valence-electron chi connectivity index (χ2n) is 3.22. The van der Waals surface area contributed by atoms with E-state index in [2.05, 4.69) is 14.4 Å². The predicted octanol–water partition coefficient (Wildman–Crippen LogP) is -1.59. The van der Waals surface area contributed by atoms with E-state index in [1.165, 1.54) is 0 Å². The maximum Gasteiger partial charge on any atom is 0.487 e. The molecule has 2 aliphatic heterocycles. The second-order valence-corrected chi connectivity index (χ2v) is 3.22. The van der Waals surface area contributed by atoms with Crippen LogP contribution in [0.15, 0.2) is 0 Å².